The summed E-state index contributed by atoms with van der Waals surface area (Å²) in [4.78, 5) is 20.3. The van der Waals surface area contributed by atoms with E-state index in [1.807, 2.05) is 6.07 Å². The first-order valence-electron chi connectivity index (χ1n) is 6.96. The number of rotatable bonds is 5. The molecule has 2 rings (SSSR count). The highest BCUT2D eigenvalue weighted by molar-refractivity contribution is 6.03. The normalized spacial score (nSPS) is 10.1. The molecule has 1 amide bonds. The van der Waals surface area contributed by atoms with Gasteiger partial charge < -0.3 is 10.6 Å². The third kappa shape index (κ3) is 4.28. The van der Waals surface area contributed by atoms with Gasteiger partial charge in [0.25, 0.3) is 5.91 Å². The molecule has 1 heterocycles. The zero-order valence-electron chi connectivity index (χ0n) is 12.5. The fourth-order valence-electron chi connectivity index (χ4n) is 1.66. The first-order chi connectivity index (χ1) is 10.6. The van der Waals surface area contributed by atoms with Crippen molar-refractivity contribution in [2.75, 3.05) is 17.2 Å². The van der Waals surface area contributed by atoms with Gasteiger partial charge in [-0.15, -0.1) is 0 Å². The third-order valence-electron chi connectivity index (χ3n) is 2.85. The summed E-state index contributed by atoms with van der Waals surface area (Å²) < 4.78 is 0. The number of anilines is 2. The lowest BCUT2D eigenvalue weighted by Gasteiger charge is -2.08. The second-order valence-corrected chi connectivity index (χ2v) is 5.21. The molecule has 0 aliphatic heterocycles. The number of amides is 1. The van der Waals surface area contributed by atoms with Crippen LogP contribution in [0.15, 0.2) is 36.7 Å². The molecular weight excluding hydrogens is 278 g/mol. The summed E-state index contributed by atoms with van der Waals surface area (Å²) in [7, 11) is 0. The predicted octanol–water partition coefficient (Wildman–Crippen LogP) is 2.67. The molecule has 6 heteroatoms. The molecule has 0 fully saturated rings. The summed E-state index contributed by atoms with van der Waals surface area (Å²) in [6.07, 6.45) is 2.96. The minimum absolute atomic E-state index is 0.292. The Labute approximate surface area is 129 Å². The molecular formula is C16H17N5O. The van der Waals surface area contributed by atoms with Crippen molar-refractivity contribution in [3.05, 3.63) is 47.8 Å². The van der Waals surface area contributed by atoms with Crippen LogP contribution in [0.5, 0.6) is 0 Å². The average Bonchev–Trinajstić information content (AvgIpc) is 2.54. The van der Waals surface area contributed by atoms with E-state index in [1.165, 1.54) is 12.4 Å². The minimum Gasteiger partial charge on any atom is -0.354 e. The Balaban J connectivity index is 1.98. The molecule has 2 aromatic rings. The summed E-state index contributed by atoms with van der Waals surface area (Å²) in [5.74, 6) is 0.701. The molecule has 2 N–H and O–H groups in total. The van der Waals surface area contributed by atoms with Gasteiger partial charge in [-0.3, -0.25) is 4.79 Å². The molecule has 0 atom stereocenters. The smallest absolute Gasteiger partial charge is 0.258 e. The van der Waals surface area contributed by atoms with Crippen molar-refractivity contribution >= 4 is 17.5 Å². The van der Waals surface area contributed by atoms with E-state index < -0.39 is 0 Å². The highest BCUT2D eigenvalue weighted by atomic mass is 16.1. The Kier molecular flexibility index (Phi) is 5.04. The lowest BCUT2D eigenvalue weighted by Crippen LogP contribution is -2.14. The van der Waals surface area contributed by atoms with E-state index in [0.717, 1.165) is 6.54 Å². The number of benzene rings is 1. The number of carbonyl (C=O) groups excluding carboxylic acids is 1. The highest BCUT2D eigenvalue weighted by Crippen LogP contribution is 2.11. The fourth-order valence-corrected chi connectivity index (χ4v) is 1.66. The van der Waals surface area contributed by atoms with Gasteiger partial charge in [-0.25, -0.2) is 9.97 Å². The first-order valence-corrected chi connectivity index (χ1v) is 6.96. The first kappa shape index (κ1) is 15.4. The minimum atomic E-state index is -0.292. The summed E-state index contributed by atoms with van der Waals surface area (Å²) in [6.45, 7) is 4.95. The summed E-state index contributed by atoms with van der Waals surface area (Å²) in [6, 6.07) is 8.67. The van der Waals surface area contributed by atoms with E-state index in [0.29, 0.717) is 28.7 Å². The molecule has 1 aromatic heterocycles. The number of aromatic nitrogens is 2. The van der Waals surface area contributed by atoms with E-state index in [2.05, 4.69) is 34.4 Å². The maximum absolute atomic E-state index is 12.1. The predicted molar refractivity (Wildman–Crippen MR) is 84.5 cm³/mol. The number of nitrogens with one attached hydrogen (secondary N) is 2. The van der Waals surface area contributed by atoms with Crippen molar-refractivity contribution < 1.29 is 4.79 Å². The van der Waals surface area contributed by atoms with Gasteiger partial charge in [0, 0.05) is 24.6 Å². The second kappa shape index (κ2) is 7.18. The van der Waals surface area contributed by atoms with E-state index in [-0.39, 0.29) is 5.91 Å². The Morgan fingerprint density at radius 2 is 1.86 bits per heavy atom. The Morgan fingerprint density at radius 3 is 2.41 bits per heavy atom. The summed E-state index contributed by atoms with van der Waals surface area (Å²) in [5, 5.41) is 14.6. The molecule has 0 saturated carbocycles. The highest BCUT2D eigenvalue weighted by Gasteiger charge is 2.08. The summed E-state index contributed by atoms with van der Waals surface area (Å²) >= 11 is 0. The molecule has 0 radical (unpaired) electrons. The zero-order valence-corrected chi connectivity index (χ0v) is 12.5. The van der Waals surface area contributed by atoms with Crippen molar-refractivity contribution in [3.63, 3.8) is 0 Å². The molecule has 0 aliphatic carbocycles. The third-order valence-corrected chi connectivity index (χ3v) is 2.85. The molecule has 0 aliphatic rings. The van der Waals surface area contributed by atoms with Crippen LogP contribution in [0.25, 0.3) is 0 Å². The molecule has 0 unspecified atom stereocenters. The van der Waals surface area contributed by atoms with E-state index in [9.17, 15) is 4.79 Å². The standard InChI is InChI=1S/C16H17N5O/c1-11(2)8-18-16-19-9-13(10-20-16)15(22)21-14-5-3-12(7-17)4-6-14/h3-6,9-11H,8H2,1-2H3,(H,21,22)(H,18,19,20). The maximum Gasteiger partial charge on any atom is 0.258 e. The van der Waals surface area contributed by atoms with Crippen LogP contribution < -0.4 is 10.6 Å². The van der Waals surface area contributed by atoms with Crippen LogP contribution in [0.2, 0.25) is 0 Å². The van der Waals surface area contributed by atoms with Gasteiger partial charge in [-0.2, -0.15) is 5.26 Å². The van der Waals surface area contributed by atoms with Crippen molar-refractivity contribution in [2.45, 2.75) is 13.8 Å². The summed E-state index contributed by atoms with van der Waals surface area (Å²) in [5.41, 5.74) is 1.53. The van der Waals surface area contributed by atoms with Gasteiger partial charge in [0.2, 0.25) is 5.95 Å². The lowest BCUT2D eigenvalue weighted by molar-refractivity contribution is 0.102. The SMILES string of the molecule is CC(C)CNc1ncc(C(=O)Nc2ccc(C#N)cc2)cn1. The zero-order chi connectivity index (χ0) is 15.9. The van der Waals surface area contributed by atoms with Crippen LogP contribution in [0.4, 0.5) is 11.6 Å². The van der Waals surface area contributed by atoms with Gasteiger partial charge in [-0.05, 0) is 30.2 Å². The molecule has 22 heavy (non-hydrogen) atoms. The number of hydrogen-bond donors (Lipinski definition) is 2. The second-order valence-electron chi connectivity index (χ2n) is 5.21. The van der Waals surface area contributed by atoms with Gasteiger partial charge >= 0.3 is 0 Å². The Hall–Kier alpha value is -2.94. The van der Waals surface area contributed by atoms with Crippen molar-refractivity contribution in [1.82, 2.24) is 9.97 Å². The fraction of sp³-hybridized carbons (Fsp3) is 0.250. The largest absolute Gasteiger partial charge is 0.354 e. The average molecular weight is 295 g/mol. The molecule has 112 valence electrons. The van der Waals surface area contributed by atoms with E-state index in [4.69, 9.17) is 5.26 Å². The van der Waals surface area contributed by atoms with Crippen molar-refractivity contribution in [3.8, 4) is 6.07 Å². The van der Waals surface area contributed by atoms with Crippen molar-refractivity contribution in [1.29, 1.82) is 5.26 Å². The van der Waals surface area contributed by atoms with E-state index >= 15 is 0 Å². The molecule has 0 saturated heterocycles. The monoisotopic (exact) mass is 295 g/mol. The number of nitriles is 1. The van der Waals surface area contributed by atoms with Gasteiger partial charge in [-0.1, -0.05) is 13.8 Å². The quantitative estimate of drug-likeness (QED) is 0.885. The van der Waals surface area contributed by atoms with Gasteiger partial charge in [0.05, 0.1) is 17.2 Å². The molecule has 0 bridgehead atoms. The van der Waals surface area contributed by atoms with Crippen LogP contribution in [0, 0.1) is 17.2 Å². The Morgan fingerprint density at radius 1 is 1.23 bits per heavy atom. The van der Waals surface area contributed by atoms with Crippen LogP contribution in [-0.4, -0.2) is 22.4 Å². The van der Waals surface area contributed by atoms with Gasteiger partial charge in [0.1, 0.15) is 0 Å². The topological polar surface area (TPSA) is 90.7 Å². The number of carbonyl (C=O) groups is 1. The van der Waals surface area contributed by atoms with Gasteiger partial charge in [0.15, 0.2) is 0 Å². The van der Waals surface area contributed by atoms with Crippen LogP contribution >= 0.6 is 0 Å². The Bertz CT molecular complexity index is 671. The van der Waals surface area contributed by atoms with Crippen molar-refractivity contribution in [2.24, 2.45) is 5.92 Å². The van der Waals surface area contributed by atoms with Crippen LogP contribution in [0.3, 0.4) is 0 Å². The molecule has 0 spiro atoms. The number of nitrogens with zero attached hydrogens (tertiary/aromatic N) is 3. The van der Waals surface area contributed by atoms with Crippen LogP contribution in [-0.2, 0) is 0 Å². The molecule has 6 nitrogen and oxygen atoms in total. The van der Waals surface area contributed by atoms with E-state index in [1.54, 1.807) is 24.3 Å². The maximum atomic E-state index is 12.1. The van der Waals surface area contributed by atoms with Crippen LogP contribution in [0.1, 0.15) is 29.8 Å². The lowest BCUT2D eigenvalue weighted by atomic mass is 10.2. The molecule has 1 aromatic carbocycles. The number of hydrogen-bond acceptors (Lipinski definition) is 5.